The number of ether oxygens (including phenoxy) is 1. The predicted molar refractivity (Wildman–Crippen MR) is 90.0 cm³/mol. The Morgan fingerprint density at radius 1 is 1.40 bits per heavy atom. The number of nitriles is 1. The lowest BCUT2D eigenvalue weighted by molar-refractivity contribution is -0.384. The van der Waals surface area contributed by atoms with Crippen LogP contribution >= 0.6 is 11.6 Å². The van der Waals surface area contributed by atoms with Gasteiger partial charge in [-0.2, -0.15) is 5.26 Å². The molecule has 0 aliphatic rings. The SMILES string of the molecule is CC(C)[C@@](C)(C#N)NC(=O)[C@@H](C)OC(=O)c1cc([N+](=O)[O-])ccc1Cl. The largest absolute Gasteiger partial charge is 0.449 e. The summed E-state index contributed by atoms with van der Waals surface area (Å²) in [5, 5.41) is 22.5. The number of rotatable bonds is 6. The van der Waals surface area contributed by atoms with Crippen molar-refractivity contribution >= 4 is 29.2 Å². The molecule has 1 aromatic carbocycles. The van der Waals surface area contributed by atoms with Gasteiger partial charge in [0.2, 0.25) is 0 Å². The molecular formula is C16H18ClN3O5. The quantitative estimate of drug-likeness (QED) is 0.468. The van der Waals surface area contributed by atoms with Crippen LogP contribution in [0.4, 0.5) is 5.69 Å². The van der Waals surface area contributed by atoms with E-state index in [1.807, 2.05) is 6.07 Å². The monoisotopic (exact) mass is 367 g/mol. The van der Waals surface area contributed by atoms with Crippen molar-refractivity contribution in [2.75, 3.05) is 0 Å². The number of esters is 1. The first kappa shape index (κ1) is 20.4. The van der Waals surface area contributed by atoms with E-state index in [1.165, 1.54) is 13.0 Å². The van der Waals surface area contributed by atoms with Gasteiger partial charge in [-0.05, 0) is 25.8 Å². The molecule has 0 radical (unpaired) electrons. The molecule has 1 N–H and O–H groups in total. The van der Waals surface area contributed by atoms with Crippen molar-refractivity contribution in [1.29, 1.82) is 5.26 Å². The second-order valence-electron chi connectivity index (χ2n) is 5.93. The highest BCUT2D eigenvalue weighted by atomic mass is 35.5. The Hall–Kier alpha value is -2.66. The minimum absolute atomic E-state index is 0.0350. The van der Waals surface area contributed by atoms with Crippen LogP contribution in [0.3, 0.4) is 0 Å². The van der Waals surface area contributed by atoms with Gasteiger partial charge in [-0.1, -0.05) is 25.4 Å². The fourth-order valence-electron chi connectivity index (χ4n) is 1.72. The molecule has 0 saturated heterocycles. The minimum Gasteiger partial charge on any atom is -0.449 e. The smallest absolute Gasteiger partial charge is 0.340 e. The number of benzene rings is 1. The van der Waals surface area contributed by atoms with Crippen LogP contribution in [0.25, 0.3) is 0 Å². The van der Waals surface area contributed by atoms with Crippen LogP contribution in [-0.2, 0) is 9.53 Å². The zero-order chi connectivity index (χ0) is 19.4. The predicted octanol–water partition coefficient (Wildman–Crippen LogP) is 2.85. The molecule has 9 heteroatoms. The van der Waals surface area contributed by atoms with E-state index in [2.05, 4.69) is 5.32 Å². The third-order valence-corrected chi connectivity index (χ3v) is 4.13. The molecule has 0 unspecified atom stereocenters. The Morgan fingerprint density at radius 3 is 2.48 bits per heavy atom. The summed E-state index contributed by atoms with van der Waals surface area (Å²) < 4.78 is 5.02. The molecule has 0 saturated carbocycles. The summed E-state index contributed by atoms with van der Waals surface area (Å²) in [5.74, 6) is -1.80. The molecule has 0 bridgehead atoms. The summed E-state index contributed by atoms with van der Waals surface area (Å²) in [6, 6.07) is 5.33. The molecule has 0 heterocycles. The van der Waals surface area contributed by atoms with Gasteiger partial charge in [0.1, 0.15) is 5.54 Å². The first-order valence-corrected chi connectivity index (χ1v) is 7.77. The van der Waals surface area contributed by atoms with Crippen molar-refractivity contribution in [2.24, 2.45) is 5.92 Å². The lowest BCUT2D eigenvalue weighted by Gasteiger charge is -2.28. The van der Waals surface area contributed by atoms with Crippen LogP contribution < -0.4 is 5.32 Å². The number of non-ortho nitro benzene ring substituents is 1. The number of nitro groups is 1. The molecule has 1 rings (SSSR count). The first-order valence-electron chi connectivity index (χ1n) is 7.40. The summed E-state index contributed by atoms with van der Waals surface area (Å²) in [6.07, 6.45) is -1.21. The maximum atomic E-state index is 12.2. The van der Waals surface area contributed by atoms with Crippen LogP contribution in [0.1, 0.15) is 38.1 Å². The topological polar surface area (TPSA) is 122 Å². The third kappa shape index (κ3) is 4.90. The van der Waals surface area contributed by atoms with Gasteiger partial charge in [0.25, 0.3) is 11.6 Å². The van der Waals surface area contributed by atoms with Gasteiger partial charge in [0, 0.05) is 12.1 Å². The minimum atomic E-state index is -1.21. The van der Waals surface area contributed by atoms with Crippen LogP contribution in [0, 0.1) is 27.4 Å². The van der Waals surface area contributed by atoms with Crippen molar-refractivity contribution in [2.45, 2.75) is 39.3 Å². The second kappa shape index (κ2) is 7.94. The number of hydrogen-bond acceptors (Lipinski definition) is 6. The Bertz CT molecular complexity index is 744. The summed E-state index contributed by atoms with van der Waals surface area (Å²) >= 11 is 5.86. The van der Waals surface area contributed by atoms with E-state index in [-0.39, 0.29) is 22.2 Å². The van der Waals surface area contributed by atoms with Crippen LogP contribution in [0.5, 0.6) is 0 Å². The van der Waals surface area contributed by atoms with Gasteiger partial charge in [0.05, 0.1) is 21.6 Å². The second-order valence-corrected chi connectivity index (χ2v) is 6.33. The van der Waals surface area contributed by atoms with Crippen LogP contribution in [0.2, 0.25) is 5.02 Å². The van der Waals surface area contributed by atoms with E-state index in [9.17, 15) is 25.0 Å². The fourth-order valence-corrected chi connectivity index (χ4v) is 1.91. The molecule has 1 amide bonds. The lowest BCUT2D eigenvalue weighted by Crippen LogP contribution is -2.52. The average Bonchev–Trinajstić information content (AvgIpc) is 2.54. The Labute approximate surface area is 149 Å². The number of halogens is 1. The molecule has 25 heavy (non-hydrogen) atoms. The highest BCUT2D eigenvalue weighted by Crippen LogP contribution is 2.23. The van der Waals surface area contributed by atoms with Gasteiger partial charge >= 0.3 is 5.97 Å². The molecule has 8 nitrogen and oxygen atoms in total. The number of nitrogens with one attached hydrogen (secondary N) is 1. The molecule has 0 spiro atoms. The molecule has 1 aromatic rings. The summed E-state index contributed by atoms with van der Waals surface area (Å²) in [7, 11) is 0. The summed E-state index contributed by atoms with van der Waals surface area (Å²) in [6.45, 7) is 6.42. The molecular weight excluding hydrogens is 350 g/mol. The van der Waals surface area contributed by atoms with E-state index in [0.717, 1.165) is 12.1 Å². The summed E-state index contributed by atoms with van der Waals surface area (Å²) in [5.41, 5.74) is -1.67. The van der Waals surface area contributed by atoms with Crippen LogP contribution in [0.15, 0.2) is 18.2 Å². The number of carbonyl (C=O) groups is 2. The molecule has 0 aliphatic heterocycles. The molecule has 0 aliphatic carbocycles. The molecule has 2 atom stereocenters. The van der Waals surface area contributed by atoms with Crippen LogP contribution in [-0.4, -0.2) is 28.4 Å². The van der Waals surface area contributed by atoms with Gasteiger partial charge in [0.15, 0.2) is 6.10 Å². The standard InChI is InChI=1S/C16H18ClN3O5/c1-9(2)16(4,8-18)19-14(21)10(3)25-15(22)12-7-11(20(23)24)5-6-13(12)17/h5-7,9-10H,1-4H3,(H,19,21)/t10-,16-/m1/s1. The zero-order valence-electron chi connectivity index (χ0n) is 14.2. The lowest BCUT2D eigenvalue weighted by atomic mass is 9.90. The highest BCUT2D eigenvalue weighted by Gasteiger charge is 2.33. The number of hydrogen-bond donors (Lipinski definition) is 1. The molecule has 0 aromatic heterocycles. The van der Waals surface area contributed by atoms with Gasteiger partial charge in [-0.3, -0.25) is 14.9 Å². The van der Waals surface area contributed by atoms with E-state index < -0.39 is 28.4 Å². The van der Waals surface area contributed by atoms with E-state index in [1.54, 1.807) is 20.8 Å². The summed E-state index contributed by atoms with van der Waals surface area (Å²) in [4.78, 5) is 34.4. The Kier molecular flexibility index (Phi) is 6.48. The van der Waals surface area contributed by atoms with Gasteiger partial charge in [-0.25, -0.2) is 4.79 Å². The Balaban J connectivity index is 2.90. The van der Waals surface area contributed by atoms with Gasteiger partial charge in [-0.15, -0.1) is 0 Å². The maximum Gasteiger partial charge on any atom is 0.340 e. The number of carbonyl (C=O) groups excluding carboxylic acids is 2. The van der Waals surface area contributed by atoms with E-state index >= 15 is 0 Å². The van der Waals surface area contributed by atoms with Gasteiger partial charge < -0.3 is 10.1 Å². The average molecular weight is 368 g/mol. The van der Waals surface area contributed by atoms with Crippen molar-refractivity contribution in [1.82, 2.24) is 5.32 Å². The maximum absolute atomic E-state index is 12.2. The van der Waals surface area contributed by atoms with Crippen molar-refractivity contribution in [3.05, 3.63) is 38.9 Å². The normalized spacial score (nSPS) is 14.1. The number of nitro benzene ring substituents is 1. The number of nitrogens with zero attached hydrogens (tertiary/aromatic N) is 2. The first-order chi connectivity index (χ1) is 11.5. The fraction of sp³-hybridized carbons (Fsp3) is 0.438. The molecule has 0 fully saturated rings. The number of amides is 1. The van der Waals surface area contributed by atoms with Crippen molar-refractivity contribution in [3.8, 4) is 6.07 Å². The Morgan fingerprint density at radius 2 is 2.00 bits per heavy atom. The van der Waals surface area contributed by atoms with E-state index in [0.29, 0.717) is 0 Å². The molecule has 134 valence electrons. The van der Waals surface area contributed by atoms with Crippen molar-refractivity contribution < 1.29 is 19.2 Å². The zero-order valence-corrected chi connectivity index (χ0v) is 15.0. The van der Waals surface area contributed by atoms with E-state index in [4.69, 9.17) is 16.3 Å². The van der Waals surface area contributed by atoms with Crippen molar-refractivity contribution in [3.63, 3.8) is 0 Å². The highest BCUT2D eigenvalue weighted by molar-refractivity contribution is 6.33. The third-order valence-electron chi connectivity index (χ3n) is 3.80.